The van der Waals surface area contributed by atoms with Crippen LogP contribution in [0.5, 0.6) is 0 Å². The molecule has 0 fully saturated rings. The Bertz CT molecular complexity index is 1140. The van der Waals surface area contributed by atoms with Gasteiger partial charge in [0, 0.05) is 16.8 Å². The fraction of sp³-hybridized carbons (Fsp3) is 0.0909. The first-order valence-corrected chi connectivity index (χ1v) is 10.3. The van der Waals surface area contributed by atoms with Crippen LogP contribution in [-0.4, -0.2) is 6.16 Å². The van der Waals surface area contributed by atoms with E-state index in [2.05, 4.69) is 48.5 Å². The zero-order valence-corrected chi connectivity index (χ0v) is 14.2. The molecular weight excluding hydrogens is 311 g/mol. The summed E-state index contributed by atoms with van der Waals surface area (Å²) in [5.41, 5.74) is 1.25. The van der Waals surface area contributed by atoms with Gasteiger partial charge in [0.25, 0.3) is 0 Å². The van der Waals surface area contributed by atoms with Crippen molar-refractivity contribution in [3.05, 3.63) is 84.4 Å². The lowest BCUT2D eigenvalue weighted by atomic mass is 10.1. The molecule has 4 aromatic carbocycles. The molecule has 4 aromatic rings. The van der Waals surface area contributed by atoms with Gasteiger partial charge >= 0.3 is 0 Å². The highest BCUT2D eigenvalue weighted by molar-refractivity contribution is 7.80. The van der Waals surface area contributed by atoms with Crippen LogP contribution in [0.1, 0.15) is 5.56 Å². The summed E-state index contributed by atoms with van der Waals surface area (Å²) in [6.45, 7) is 0. The standard InChI is InChI=1S/C22H17OP/c23-24(21-11-5-8-16-6-1-3-9-19(16)21)15-14-18-13-12-17-7-2-4-10-20(17)22(18)24/h1-13H,14-15H2/t24-/m0/s1. The molecule has 0 saturated carbocycles. The Morgan fingerprint density at radius 2 is 1.33 bits per heavy atom. The van der Waals surface area contributed by atoms with Crippen molar-refractivity contribution in [2.75, 3.05) is 6.16 Å². The Hall–Kier alpha value is -2.37. The van der Waals surface area contributed by atoms with Crippen LogP contribution in [-0.2, 0) is 11.0 Å². The number of rotatable bonds is 1. The van der Waals surface area contributed by atoms with Gasteiger partial charge < -0.3 is 4.57 Å². The predicted molar refractivity (Wildman–Crippen MR) is 103 cm³/mol. The predicted octanol–water partition coefficient (Wildman–Crippen LogP) is 4.86. The van der Waals surface area contributed by atoms with E-state index in [-0.39, 0.29) is 0 Å². The minimum absolute atomic E-state index is 0.740. The van der Waals surface area contributed by atoms with Gasteiger partial charge in [-0.15, -0.1) is 0 Å². The van der Waals surface area contributed by atoms with E-state index in [4.69, 9.17) is 0 Å². The van der Waals surface area contributed by atoms with Crippen molar-refractivity contribution in [1.29, 1.82) is 0 Å². The maximum absolute atomic E-state index is 14.3. The highest BCUT2D eigenvalue weighted by Crippen LogP contribution is 2.52. The molecule has 1 aliphatic heterocycles. The fourth-order valence-corrected chi connectivity index (χ4v) is 7.51. The number of benzene rings is 4. The van der Waals surface area contributed by atoms with E-state index in [1.54, 1.807) is 0 Å². The molecule has 0 bridgehead atoms. The van der Waals surface area contributed by atoms with Crippen LogP contribution in [0.4, 0.5) is 0 Å². The average Bonchev–Trinajstić information content (AvgIpc) is 3.00. The van der Waals surface area contributed by atoms with E-state index in [1.165, 1.54) is 16.3 Å². The van der Waals surface area contributed by atoms with Crippen LogP contribution >= 0.6 is 7.14 Å². The van der Waals surface area contributed by atoms with Gasteiger partial charge in [-0.2, -0.15) is 0 Å². The summed E-state index contributed by atoms with van der Waals surface area (Å²) in [6.07, 6.45) is 1.64. The summed E-state index contributed by atoms with van der Waals surface area (Å²) >= 11 is 0. The minimum Gasteiger partial charge on any atom is -0.314 e. The lowest BCUT2D eigenvalue weighted by molar-refractivity contribution is 0.588. The SMILES string of the molecule is O=[P@]1(c2cccc3ccccc23)CCc2ccc3ccccc3c21. The first-order valence-electron chi connectivity index (χ1n) is 8.36. The van der Waals surface area contributed by atoms with E-state index in [1.807, 2.05) is 30.3 Å². The van der Waals surface area contributed by atoms with Crippen LogP contribution in [0.25, 0.3) is 21.5 Å². The van der Waals surface area contributed by atoms with Gasteiger partial charge in [0.1, 0.15) is 7.14 Å². The Morgan fingerprint density at radius 3 is 2.17 bits per heavy atom. The number of hydrogen-bond donors (Lipinski definition) is 0. The van der Waals surface area contributed by atoms with Crippen LogP contribution in [0.15, 0.2) is 78.9 Å². The number of aryl methyl sites for hydroxylation is 1. The first kappa shape index (κ1) is 14.0. The van der Waals surface area contributed by atoms with Gasteiger partial charge in [-0.1, -0.05) is 78.9 Å². The minimum atomic E-state index is -2.60. The summed E-state index contributed by atoms with van der Waals surface area (Å²) in [5.74, 6) is 0. The normalized spacial score (nSPS) is 19.7. The third-order valence-corrected chi connectivity index (χ3v) is 8.47. The molecule has 116 valence electrons. The van der Waals surface area contributed by atoms with Crippen molar-refractivity contribution in [3.63, 3.8) is 0 Å². The molecule has 2 heteroatoms. The van der Waals surface area contributed by atoms with Crippen LogP contribution < -0.4 is 10.6 Å². The molecule has 1 atom stereocenters. The molecular formula is C22H17OP. The Kier molecular flexibility index (Phi) is 2.96. The molecule has 1 nitrogen and oxygen atoms in total. The highest BCUT2D eigenvalue weighted by Gasteiger charge is 2.37. The molecule has 0 saturated heterocycles. The maximum Gasteiger partial charge on any atom is 0.145 e. The average molecular weight is 328 g/mol. The second-order valence-electron chi connectivity index (χ2n) is 6.51. The molecule has 24 heavy (non-hydrogen) atoms. The van der Waals surface area contributed by atoms with E-state index >= 15 is 0 Å². The van der Waals surface area contributed by atoms with Gasteiger partial charge in [0.05, 0.1) is 0 Å². The van der Waals surface area contributed by atoms with E-state index in [0.29, 0.717) is 0 Å². The van der Waals surface area contributed by atoms with Crippen molar-refractivity contribution in [3.8, 4) is 0 Å². The maximum atomic E-state index is 14.3. The van der Waals surface area contributed by atoms with E-state index in [0.717, 1.165) is 34.0 Å². The van der Waals surface area contributed by atoms with Crippen molar-refractivity contribution >= 4 is 39.3 Å². The Balaban J connectivity index is 1.89. The van der Waals surface area contributed by atoms with E-state index < -0.39 is 7.14 Å². The summed E-state index contributed by atoms with van der Waals surface area (Å²) in [4.78, 5) is 0. The highest BCUT2D eigenvalue weighted by atomic mass is 31.2. The molecule has 0 radical (unpaired) electrons. The molecule has 5 rings (SSSR count). The molecule has 0 unspecified atom stereocenters. The summed E-state index contributed by atoms with van der Waals surface area (Å²) in [6, 6.07) is 27.2. The molecule has 0 spiro atoms. The molecule has 1 heterocycles. The van der Waals surface area contributed by atoms with Crippen LogP contribution in [0.3, 0.4) is 0 Å². The van der Waals surface area contributed by atoms with Gasteiger partial charge in [0.2, 0.25) is 0 Å². The third-order valence-electron chi connectivity index (χ3n) is 5.20. The molecule has 0 aliphatic carbocycles. The van der Waals surface area contributed by atoms with Gasteiger partial charge in [0.15, 0.2) is 0 Å². The summed E-state index contributed by atoms with van der Waals surface area (Å²) in [5, 5.41) is 6.75. The molecule has 0 aromatic heterocycles. The Morgan fingerprint density at radius 1 is 0.667 bits per heavy atom. The number of fused-ring (bicyclic) bond motifs is 4. The molecule has 1 aliphatic rings. The summed E-state index contributed by atoms with van der Waals surface area (Å²) in [7, 11) is -2.60. The van der Waals surface area contributed by atoms with Crippen molar-refractivity contribution in [2.45, 2.75) is 6.42 Å². The van der Waals surface area contributed by atoms with Crippen LogP contribution in [0, 0.1) is 0 Å². The topological polar surface area (TPSA) is 17.1 Å². The summed E-state index contributed by atoms with van der Waals surface area (Å²) < 4.78 is 14.3. The first-order chi connectivity index (χ1) is 11.8. The second kappa shape index (κ2) is 5.06. The molecule has 0 N–H and O–H groups in total. The lowest BCUT2D eigenvalue weighted by Crippen LogP contribution is -2.16. The molecule has 0 amide bonds. The van der Waals surface area contributed by atoms with Gasteiger partial charge in [-0.05, 0) is 33.5 Å². The quantitative estimate of drug-likeness (QED) is 0.456. The van der Waals surface area contributed by atoms with Gasteiger partial charge in [-0.3, -0.25) is 0 Å². The third kappa shape index (κ3) is 1.85. The largest absolute Gasteiger partial charge is 0.314 e. The smallest absolute Gasteiger partial charge is 0.145 e. The monoisotopic (exact) mass is 328 g/mol. The second-order valence-corrected chi connectivity index (χ2v) is 9.36. The fourth-order valence-electron chi connectivity index (χ4n) is 4.08. The number of hydrogen-bond acceptors (Lipinski definition) is 1. The van der Waals surface area contributed by atoms with Crippen molar-refractivity contribution in [2.24, 2.45) is 0 Å². The zero-order valence-electron chi connectivity index (χ0n) is 13.3. The van der Waals surface area contributed by atoms with Crippen LogP contribution in [0.2, 0.25) is 0 Å². The lowest BCUT2D eigenvalue weighted by Gasteiger charge is -2.18. The Labute approximate surface area is 141 Å². The zero-order chi connectivity index (χ0) is 16.1. The van der Waals surface area contributed by atoms with Crippen molar-refractivity contribution < 1.29 is 4.57 Å². The van der Waals surface area contributed by atoms with E-state index in [9.17, 15) is 4.57 Å². The van der Waals surface area contributed by atoms with Crippen molar-refractivity contribution in [1.82, 2.24) is 0 Å². The van der Waals surface area contributed by atoms with Gasteiger partial charge in [-0.25, -0.2) is 0 Å².